The lowest BCUT2D eigenvalue weighted by molar-refractivity contribution is 0.0506. The molecule has 1 heterocycles. The number of rotatable bonds is 4. The molecular weight excluding hydrogens is 324 g/mol. The third kappa shape index (κ3) is 5.33. The van der Waals surface area contributed by atoms with E-state index in [1.807, 2.05) is 26.8 Å². The van der Waals surface area contributed by atoms with Crippen LogP contribution in [0.1, 0.15) is 32.8 Å². The van der Waals surface area contributed by atoms with Crippen LogP contribution in [0.15, 0.2) is 54.6 Å². The quantitative estimate of drug-likeness (QED) is 0.884. The summed E-state index contributed by atoms with van der Waals surface area (Å²) in [6.45, 7) is 8.40. The number of likely N-dealkylation sites (tertiary alicyclic amines) is 1. The van der Waals surface area contributed by atoms with Gasteiger partial charge in [-0.25, -0.2) is 4.79 Å². The lowest BCUT2D eigenvalue weighted by atomic mass is 10.0. The van der Waals surface area contributed by atoms with Gasteiger partial charge in [-0.05, 0) is 43.9 Å². The van der Waals surface area contributed by atoms with Gasteiger partial charge in [0.05, 0.1) is 0 Å². The SMILES string of the molecule is CC(C)(C)OC(=O)NC1CCN(Cc2ccc(-c3ccccc3)cc2)C1. The standard InChI is InChI=1S/C22H28N2O2/c1-22(2,3)26-21(25)23-20-13-14-24(16-20)15-17-9-11-19(12-10-17)18-7-5-4-6-8-18/h4-12,20H,13-16H2,1-3H3,(H,23,25). The summed E-state index contributed by atoms with van der Waals surface area (Å²) in [6, 6.07) is 19.3. The average molecular weight is 352 g/mol. The molecule has 0 aliphatic carbocycles. The van der Waals surface area contributed by atoms with Crippen molar-refractivity contribution in [3.8, 4) is 11.1 Å². The summed E-state index contributed by atoms with van der Waals surface area (Å²) in [6.07, 6.45) is 0.637. The summed E-state index contributed by atoms with van der Waals surface area (Å²) >= 11 is 0. The highest BCUT2D eigenvalue weighted by Crippen LogP contribution is 2.21. The van der Waals surface area contributed by atoms with Gasteiger partial charge in [0.2, 0.25) is 0 Å². The Labute approximate surface area is 156 Å². The van der Waals surface area contributed by atoms with E-state index in [1.165, 1.54) is 16.7 Å². The molecule has 26 heavy (non-hydrogen) atoms. The molecule has 1 aliphatic rings. The van der Waals surface area contributed by atoms with E-state index in [9.17, 15) is 4.79 Å². The fraction of sp³-hybridized carbons (Fsp3) is 0.409. The average Bonchev–Trinajstić information content (AvgIpc) is 3.01. The van der Waals surface area contributed by atoms with Gasteiger partial charge in [-0.2, -0.15) is 0 Å². The molecule has 0 spiro atoms. The molecule has 1 amide bonds. The van der Waals surface area contributed by atoms with Crippen LogP contribution in [0.2, 0.25) is 0 Å². The molecule has 2 aromatic carbocycles. The summed E-state index contributed by atoms with van der Waals surface area (Å²) in [5, 5.41) is 2.98. The first-order valence-electron chi connectivity index (χ1n) is 9.25. The zero-order valence-electron chi connectivity index (χ0n) is 15.9. The Morgan fingerprint density at radius 2 is 1.73 bits per heavy atom. The number of carbonyl (C=O) groups is 1. The molecule has 3 rings (SSSR count). The summed E-state index contributed by atoms with van der Waals surface area (Å²) in [4.78, 5) is 14.3. The highest BCUT2D eigenvalue weighted by atomic mass is 16.6. The molecule has 0 saturated carbocycles. The van der Waals surface area contributed by atoms with E-state index in [0.29, 0.717) is 0 Å². The first kappa shape index (κ1) is 18.5. The molecule has 1 saturated heterocycles. The van der Waals surface area contributed by atoms with E-state index in [0.717, 1.165) is 26.1 Å². The molecule has 1 aliphatic heterocycles. The summed E-state index contributed by atoms with van der Waals surface area (Å²) in [5.41, 5.74) is 3.31. The zero-order chi connectivity index (χ0) is 18.6. The van der Waals surface area contributed by atoms with Crippen LogP contribution in [0.5, 0.6) is 0 Å². The van der Waals surface area contributed by atoms with Crippen LogP contribution >= 0.6 is 0 Å². The third-order valence-electron chi connectivity index (χ3n) is 4.46. The van der Waals surface area contributed by atoms with Crippen molar-refractivity contribution in [1.29, 1.82) is 0 Å². The van der Waals surface area contributed by atoms with Crippen LogP contribution in [0, 0.1) is 0 Å². The maximum atomic E-state index is 11.9. The van der Waals surface area contributed by atoms with Gasteiger partial charge in [0.25, 0.3) is 0 Å². The Balaban J connectivity index is 1.50. The van der Waals surface area contributed by atoms with Crippen LogP contribution in [0.4, 0.5) is 4.79 Å². The van der Waals surface area contributed by atoms with Crippen molar-refractivity contribution in [2.24, 2.45) is 0 Å². The number of alkyl carbamates (subject to hydrolysis) is 1. The van der Waals surface area contributed by atoms with Gasteiger partial charge in [-0.1, -0.05) is 54.6 Å². The number of carbonyl (C=O) groups excluding carboxylic acids is 1. The molecule has 4 heteroatoms. The van der Waals surface area contributed by atoms with Gasteiger partial charge >= 0.3 is 6.09 Å². The largest absolute Gasteiger partial charge is 0.444 e. The van der Waals surface area contributed by atoms with Gasteiger partial charge in [0.15, 0.2) is 0 Å². The van der Waals surface area contributed by atoms with E-state index in [2.05, 4.69) is 58.7 Å². The molecule has 138 valence electrons. The Hall–Kier alpha value is -2.33. The normalized spacial score (nSPS) is 17.9. The number of benzene rings is 2. The minimum Gasteiger partial charge on any atom is -0.444 e. The summed E-state index contributed by atoms with van der Waals surface area (Å²) in [5.74, 6) is 0. The third-order valence-corrected chi connectivity index (χ3v) is 4.46. The molecule has 0 aromatic heterocycles. The van der Waals surface area contributed by atoms with E-state index < -0.39 is 5.60 Å². The number of hydrogen-bond acceptors (Lipinski definition) is 3. The second-order valence-electron chi connectivity index (χ2n) is 7.93. The number of nitrogens with one attached hydrogen (secondary N) is 1. The predicted molar refractivity (Wildman–Crippen MR) is 105 cm³/mol. The van der Waals surface area contributed by atoms with Gasteiger partial charge < -0.3 is 10.1 Å². The second kappa shape index (κ2) is 7.92. The van der Waals surface area contributed by atoms with Crippen LogP contribution in [-0.2, 0) is 11.3 Å². The van der Waals surface area contributed by atoms with Crippen molar-refractivity contribution in [2.75, 3.05) is 13.1 Å². The molecule has 0 bridgehead atoms. The highest BCUT2D eigenvalue weighted by Gasteiger charge is 2.26. The van der Waals surface area contributed by atoms with Crippen molar-refractivity contribution >= 4 is 6.09 Å². The monoisotopic (exact) mass is 352 g/mol. The van der Waals surface area contributed by atoms with Crippen LogP contribution < -0.4 is 5.32 Å². The molecule has 2 aromatic rings. The van der Waals surface area contributed by atoms with Crippen LogP contribution in [0.25, 0.3) is 11.1 Å². The Morgan fingerprint density at radius 1 is 1.08 bits per heavy atom. The minimum atomic E-state index is -0.455. The molecule has 4 nitrogen and oxygen atoms in total. The van der Waals surface area contributed by atoms with Crippen molar-refractivity contribution in [2.45, 2.75) is 45.4 Å². The van der Waals surface area contributed by atoms with E-state index >= 15 is 0 Å². The molecule has 1 N–H and O–H groups in total. The van der Waals surface area contributed by atoms with Crippen molar-refractivity contribution in [3.05, 3.63) is 60.2 Å². The van der Waals surface area contributed by atoms with Crippen molar-refractivity contribution < 1.29 is 9.53 Å². The second-order valence-corrected chi connectivity index (χ2v) is 7.93. The Kier molecular flexibility index (Phi) is 5.62. The lowest BCUT2D eigenvalue weighted by Crippen LogP contribution is -2.40. The fourth-order valence-corrected chi connectivity index (χ4v) is 3.26. The number of amides is 1. The topological polar surface area (TPSA) is 41.6 Å². The number of nitrogens with zero attached hydrogens (tertiary/aromatic N) is 1. The van der Waals surface area contributed by atoms with Gasteiger partial charge in [0.1, 0.15) is 5.60 Å². The Morgan fingerprint density at radius 3 is 2.38 bits per heavy atom. The highest BCUT2D eigenvalue weighted by molar-refractivity contribution is 5.68. The van der Waals surface area contributed by atoms with Crippen molar-refractivity contribution in [1.82, 2.24) is 10.2 Å². The van der Waals surface area contributed by atoms with E-state index in [4.69, 9.17) is 4.74 Å². The Bertz CT molecular complexity index is 720. The lowest BCUT2D eigenvalue weighted by Gasteiger charge is -2.22. The molecule has 1 fully saturated rings. The fourth-order valence-electron chi connectivity index (χ4n) is 3.26. The minimum absolute atomic E-state index is 0.161. The number of hydrogen-bond donors (Lipinski definition) is 1. The maximum Gasteiger partial charge on any atom is 0.407 e. The van der Waals surface area contributed by atoms with Gasteiger partial charge in [-0.15, -0.1) is 0 Å². The molecule has 0 radical (unpaired) electrons. The van der Waals surface area contributed by atoms with Gasteiger partial charge in [0, 0.05) is 25.7 Å². The molecular formula is C22H28N2O2. The van der Waals surface area contributed by atoms with E-state index in [-0.39, 0.29) is 12.1 Å². The zero-order valence-corrected chi connectivity index (χ0v) is 15.9. The van der Waals surface area contributed by atoms with Crippen LogP contribution in [0.3, 0.4) is 0 Å². The molecule has 1 atom stereocenters. The predicted octanol–water partition coefficient (Wildman–Crippen LogP) is 4.45. The van der Waals surface area contributed by atoms with E-state index in [1.54, 1.807) is 0 Å². The number of ether oxygens (including phenoxy) is 1. The summed E-state index contributed by atoms with van der Waals surface area (Å²) in [7, 11) is 0. The van der Waals surface area contributed by atoms with Crippen molar-refractivity contribution in [3.63, 3.8) is 0 Å². The first-order chi connectivity index (χ1) is 12.4. The molecule has 1 unspecified atom stereocenters. The van der Waals surface area contributed by atoms with Gasteiger partial charge in [-0.3, -0.25) is 4.90 Å². The summed E-state index contributed by atoms with van der Waals surface area (Å²) < 4.78 is 5.34. The van der Waals surface area contributed by atoms with Crippen LogP contribution in [-0.4, -0.2) is 35.7 Å². The maximum absolute atomic E-state index is 11.9. The smallest absolute Gasteiger partial charge is 0.407 e. The first-order valence-corrected chi connectivity index (χ1v) is 9.25.